The third-order valence-corrected chi connectivity index (χ3v) is 5.04. The first-order valence-corrected chi connectivity index (χ1v) is 9.40. The van der Waals surface area contributed by atoms with Crippen molar-refractivity contribution in [2.75, 3.05) is 19.5 Å². The molecule has 150 valence electrons. The summed E-state index contributed by atoms with van der Waals surface area (Å²) in [5.74, 6) is 1.95. The maximum absolute atomic E-state index is 5.41. The molecule has 5 aromatic rings. The number of aryl methyl sites for hydroxylation is 1. The third-order valence-electron chi connectivity index (χ3n) is 5.04. The molecule has 0 bridgehead atoms. The molecule has 0 aliphatic carbocycles. The summed E-state index contributed by atoms with van der Waals surface area (Å²) in [5.41, 5.74) is 5.38. The standard InChI is InChI=1S/C22H20N6O2/c1-27-13-24-16-6-4-14(10-18(16)27)17-12-28-9-8-23-22(28)21(26-17)25-15-5-7-19(29-2)20(11-15)30-3/h4-13H,1-3H3,(H,25,26). The van der Waals surface area contributed by atoms with Gasteiger partial charge in [0.25, 0.3) is 0 Å². The number of ether oxygens (including phenoxy) is 2. The lowest BCUT2D eigenvalue weighted by Gasteiger charge is -2.13. The van der Waals surface area contributed by atoms with Crippen LogP contribution in [0.25, 0.3) is 27.9 Å². The smallest absolute Gasteiger partial charge is 0.180 e. The van der Waals surface area contributed by atoms with Crippen LogP contribution in [0.5, 0.6) is 11.5 Å². The van der Waals surface area contributed by atoms with Crippen LogP contribution in [-0.2, 0) is 7.05 Å². The van der Waals surface area contributed by atoms with Crippen LogP contribution in [0.2, 0.25) is 0 Å². The fourth-order valence-electron chi connectivity index (χ4n) is 3.49. The van der Waals surface area contributed by atoms with E-state index in [2.05, 4.69) is 21.4 Å². The monoisotopic (exact) mass is 400 g/mol. The first-order valence-electron chi connectivity index (χ1n) is 9.40. The van der Waals surface area contributed by atoms with Gasteiger partial charge in [0, 0.05) is 43.0 Å². The van der Waals surface area contributed by atoms with Crippen molar-refractivity contribution in [3.8, 4) is 22.8 Å². The summed E-state index contributed by atoms with van der Waals surface area (Å²) in [7, 11) is 5.21. The fraction of sp³-hybridized carbons (Fsp3) is 0.136. The lowest BCUT2D eigenvalue weighted by Crippen LogP contribution is -2.01. The van der Waals surface area contributed by atoms with Crippen LogP contribution in [0.3, 0.4) is 0 Å². The van der Waals surface area contributed by atoms with Crippen molar-refractivity contribution in [2.45, 2.75) is 0 Å². The summed E-state index contributed by atoms with van der Waals surface area (Å²) in [6, 6.07) is 11.8. The molecule has 8 nitrogen and oxygen atoms in total. The largest absolute Gasteiger partial charge is 0.493 e. The number of imidazole rings is 2. The second-order valence-corrected chi connectivity index (χ2v) is 6.89. The quantitative estimate of drug-likeness (QED) is 0.480. The topological polar surface area (TPSA) is 78.5 Å². The molecule has 3 heterocycles. The predicted octanol–water partition coefficient (Wildman–Crippen LogP) is 4.04. The van der Waals surface area contributed by atoms with Gasteiger partial charge in [0.05, 0.1) is 37.3 Å². The van der Waals surface area contributed by atoms with Crippen LogP contribution < -0.4 is 14.8 Å². The molecule has 0 aliphatic heterocycles. The van der Waals surface area contributed by atoms with Crippen LogP contribution in [0.15, 0.2) is 61.3 Å². The molecule has 2 aromatic carbocycles. The molecule has 0 saturated carbocycles. The number of methoxy groups -OCH3 is 2. The highest BCUT2D eigenvalue weighted by Crippen LogP contribution is 2.32. The lowest BCUT2D eigenvalue weighted by molar-refractivity contribution is 0.355. The average Bonchev–Trinajstić information content (AvgIpc) is 3.40. The van der Waals surface area contributed by atoms with E-state index in [1.54, 1.807) is 20.4 Å². The molecule has 8 heteroatoms. The van der Waals surface area contributed by atoms with Gasteiger partial charge < -0.3 is 23.8 Å². The number of nitrogens with one attached hydrogen (secondary N) is 1. The van der Waals surface area contributed by atoms with Gasteiger partial charge >= 0.3 is 0 Å². The van der Waals surface area contributed by atoms with E-state index in [0.717, 1.165) is 33.6 Å². The van der Waals surface area contributed by atoms with Crippen LogP contribution in [0, 0.1) is 0 Å². The van der Waals surface area contributed by atoms with Crippen molar-refractivity contribution in [1.29, 1.82) is 0 Å². The second-order valence-electron chi connectivity index (χ2n) is 6.89. The first kappa shape index (κ1) is 18.0. The van der Waals surface area contributed by atoms with E-state index in [1.807, 2.05) is 65.1 Å². The van der Waals surface area contributed by atoms with Crippen molar-refractivity contribution in [2.24, 2.45) is 7.05 Å². The lowest BCUT2D eigenvalue weighted by atomic mass is 10.1. The highest BCUT2D eigenvalue weighted by molar-refractivity contribution is 5.82. The van der Waals surface area contributed by atoms with Crippen LogP contribution in [0.1, 0.15) is 0 Å². The van der Waals surface area contributed by atoms with Crippen LogP contribution >= 0.6 is 0 Å². The van der Waals surface area contributed by atoms with Crippen molar-refractivity contribution in [1.82, 2.24) is 23.9 Å². The maximum atomic E-state index is 5.41. The number of hydrogen-bond donors (Lipinski definition) is 1. The predicted molar refractivity (Wildman–Crippen MR) is 116 cm³/mol. The Morgan fingerprint density at radius 2 is 1.83 bits per heavy atom. The Morgan fingerprint density at radius 1 is 0.967 bits per heavy atom. The Hall–Kier alpha value is -4.07. The third kappa shape index (κ3) is 2.98. The van der Waals surface area contributed by atoms with E-state index >= 15 is 0 Å². The van der Waals surface area contributed by atoms with Gasteiger partial charge in [-0.15, -0.1) is 0 Å². The van der Waals surface area contributed by atoms with Gasteiger partial charge in [-0.1, -0.05) is 6.07 Å². The van der Waals surface area contributed by atoms with Crippen molar-refractivity contribution in [3.05, 3.63) is 61.3 Å². The molecule has 0 saturated heterocycles. The van der Waals surface area contributed by atoms with E-state index in [4.69, 9.17) is 14.5 Å². The molecule has 0 aliphatic rings. The Labute approximate surface area is 172 Å². The molecule has 0 radical (unpaired) electrons. The normalized spacial score (nSPS) is 11.2. The summed E-state index contributed by atoms with van der Waals surface area (Å²) in [6.07, 6.45) is 7.44. The molecular formula is C22H20N6O2. The molecule has 0 atom stereocenters. The van der Waals surface area contributed by atoms with Gasteiger partial charge in [0.1, 0.15) is 0 Å². The van der Waals surface area contributed by atoms with Crippen molar-refractivity contribution >= 4 is 28.2 Å². The molecule has 1 N–H and O–H groups in total. The number of anilines is 2. The Morgan fingerprint density at radius 3 is 2.67 bits per heavy atom. The Bertz CT molecular complexity index is 1370. The molecule has 30 heavy (non-hydrogen) atoms. The first-order chi connectivity index (χ1) is 14.7. The highest BCUT2D eigenvalue weighted by Gasteiger charge is 2.12. The molecule has 5 rings (SSSR count). The molecule has 0 fully saturated rings. The number of hydrogen-bond acceptors (Lipinski definition) is 6. The summed E-state index contributed by atoms with van der Waals surface area (Å²) < 4.78 is 14.7. The summed E-state index contributed by atoms with van der Waals surface area (Å²) in [5, 5.41) is 3.37. The zero-order chi connectivity index (χ0) is 20.7. The minimum atomic E-state index is 0.639. The number of fused-ring (bicyclic) bond motifs is 2. The van der Waals surface area contributed by atoms with Gasteiger partial charge in [-0.05, 0) is 24.3 Å². The molecule has 3 aromatic heterocycles. The van der Waals surface area contributed by atoms with Crippen molar-refractivity contribution < 1.29 is 9.47 Å². The molecule has 0 spiro atoms. The number of nitrogens with zero attached hydrogens (tertiary/aromatic N) is 5. The van der Waals surface area contributed by atoms with Gasteiger partial charge in [0.2, 0.25) is 0 Å². The minimum absolute atomic E-state index is 0.639. The van der Waals surface area contributed by atoms with E-state index in [9.17, 15) is 0 Å². The fourth-order valence-corrected chi connectivity index (χ4v) is 3.49. The molecule has 0 unspecified atom stereocenters. The summed E-state index contributed by atoms with van der Waals surface area (Å²) >= 11 is 0. The van der Waals surface area contributed by atoms with Gasteiger partial charge in [0.15, 0.2) is 23.0 Å². The van der Waals surface area contributed by atoms with Gasteiger partial charge in [-0.25, -0.2) is 15.0 Å². The van der Waals surface area contributed by atoms with Gasteiger partial charge in [-0.3, -0.25) is 0 Å². The number of rotatable bonds is 5. The second kappa shape index (κ2) is 7.07. The maximum Gasteiger partial charge on any atom is 0.180 e. The van der Waals surface area contributed by atoms with E-state index in [1.165, 1.54) is 0 Å². The van der Waals surface area contributed by atoms with Crippen molar-refractivity contribution in [3.63, 3.8) is 0 Å². The Kier molecular flexibility index (Phi) is 4.24. The van der Waals surface area contributed by atoms with Crippen LogP contribution in [-0.4, -0.2) is 38.1 Å². The average molecular weight is 400 g/mol. The molecule has 0 amide bonds. The SMILES string of the molecule is COc1ccc(Nc2nc(-c3ccc4ncn(C)c4c3)cn3ccnc23)cc1OC. The van der Waals surface area contributed by atoms with Crippen LogP contribution in [0.4, 0.5) is 11.5 Å². The number of benzene rings is 2. The van der Waals surface area contributed by atoms with E-state index in [0.29, 0.717) is 17.3 Å². The Balaban J connectivity index is 1.60. The highest BCUT2D eigenvalue weighted by atomic mass is 16.5. The zero-order valence-electron chi connectivity index (χ0n) is 16.8. The van der Waals surface area contributed by atoms with Gasteiger partial charge in [-0.2, -0.15) is 0 Å². The zero-order valence-corrected chi connectivity index (χ0v) is 16.8. The van der Waals surface area contributed by atoms with E-state index in [-0.39, 0.29) is 0 Å². The summed E-state index contributed by atoms with van der Waals surface area (Å²) in [6.45, 7) is 0. The summed E-state index contributed by atoms with van der Waals surface area (Å²) in [4.78, 5) is 13.7. The van der Waals surface area contributed by atoms with E-state index < -0.39 is 0 Å². The molecular weight excluding hydrogens is 380 g/mol. The minimum Gasteiger partial charge on any atom is -0.493 e. The number of aromatic nitrogens is 5.